The van der Waals surface area contributed by atoms with Crippen molar-refractivity contribution in [3.63, 3.8) is 0 Å². The Labute approximate surface area is 81.4 Å². The zero-order chi connectivity index (χ0) is 9.19. The van der Waals surface area contributed by atoms with Crippen LogP contribution in [-0.2, 0) is 0 Å². The molecule has 0 spiro atoms. The molecular weight excluding hydrogens is 156 g/mol. The SMILES string of the molecule is [C]1=C/C/C=C/C/C=C/CC/C=C/C/1. The summed E-state index contributed by atoms with van der Waals surface area (Å²) < 4.78 is 0. The van der Waals surface area contributed by atoms with Crippen LogP contribution in [0.2, 0.25) is 0 Å². The first-order chi connectivity index (χ1) is 6.50. The fourth-order valence-corrected chi connectivity index (χ4v) is 1.18. The van der Waals surface area contributed by atoms with E-state index in [0.29, 0.717) is 0 Å². The molecule has 0 saturated heterocycles. The Hall–Kier alpha value is -1.04. The van der Waals surface area contributed by atoms with Crippen molar-refractivity contribution in [2.24, 2.45) is 0 Å². The lowest BCUT2D eigenvalue weighted by Gasteiger charge is -1.85. The number of hydrogen-bond acceptors (Lipinski definition) is 0. The molecule has 0 aliphatic heterocycles. The molecule has 0 fully saturated rings. The van der Waals surface area contributed by atoms with E-state index < -0.39 is 0 Å². The molecule has 0 amide bonds. The minimum Gasteiger partial charge on any atom is -0.0879 e. The molecule has 0 aromatic heterocycles. The van der Waals surface area contributed by atoms with Gasteiger partial charge in [0, 0.05) is 0 Å². The second kappa shape index (κ2) is 7.60. The Balaban J connectivity index is 2.38. The zero-order valence-electron chi connectivity index (χ0n) is 8.08. The molecule has 0 N–H and O–H groups in total. The van der Waals surface area contributed by atoms with Crippen molar-refractivity contribution in [2.75, 3.05) is 0 Å². The van der Waals surface area contributed by atoms with Crippen LogP contribution in [0.3, 0.4) is 0 Å². The van der Waals surface area contributed by atoms with Gasteiger partial charge in [0.15, 0.2) is 0 Å². The lowest BCUT2D eigenvalue weighted by molar-refractivity contribution is 1.04. The number of rotatable bonds is 0. The van der Waals surface area contributed by atoms with Gasteiger partial charge in [-0.3, -0.25) is 0 Å². The van der Waals surface area contributed by atoms with Gasteiger partial charge in [-0.25, -0.2) is 0 Å². The Bertz CT molecular complexity index is 192. The largest absolute Gasteiger partial charge is 0.0879 e. The predicted octanol–water partition coefficient (Wildman–Crippen LogP) is 3.98. The molecule has 1 rings (SSSR count). The molecule has 0 aromatic rings. The van der Waals surface area contributed by atoms with Crippen molar-refractivity contribution in [2.45, 2.75) is 32.1 Å². The van der Waals surface area contributed by atoms with E-state index in [1.807, 2.05) is 0 Å². The van der Waals surface area contributed by atoms with Crippen LogP contribution in [0.5, 0.6) is 0 Å². The van der Waals surface area contributed by atoms with Gasteiger partial charge in [-0.05, 0) is 38.2 Å². The third-order valence-electron chi connectivity index (χ3n) is 1.91. The van der Waals surface area contributed by atoms with Crippen LogP contribution < -0.4 is 0 Å². The quantitative estimate of drug-likeness (QED) is 0.486. The van der Waals surface area contributed by atoms with E-state index in [9.17, 15) is 0 Å². The third-order valence-corrected chi connectivity index (χ3v) is 1.91. The molecule has 0 atom stereocenters. The monoisotopic (exact) mass is 173 g/mol. The second-order valence-corrected chi connectivity index (χ2v) is 3.08. The second-order valence-electron chi connectivity index (χ2n) is 3.08. The van der Waals surface area contributed by atoms with Crippen LogP contribution in [0.1, 0.15) is 32.1 Å². The highest BCUT2D eigenvalue weighted by Crippen LogP contribution is 1.99. The highest BCUT2D eigenvalue weighted by molar-refractivity contribution is 4.98. The molecule has 0 heterocycles. The summed E-state index contributed by atoms with van der Waals surface area (Å²) in [6.45, 7) is 0. The maximum Gasteiger partial charge on any atom is -0.00978 e. The molecule has 1 aliphatic carbocycles. The van der Waals surface area contributed by atoms with Gasteiger partial charge in [-0.15, -0.1) is 0 Å². The van der Waals surface area contributed by atoms with E-state index in [1.54, 1.807) is 0 Å². The summed E-state index contributed by atoms with van der Waals surface area (Å²) in [5, 5.41) is 0. The van der Waals surface area contributed by atoms with Crippen LogP contribution in [0.15, 0.2) is 42.5 Å². The van der Waals surface area contributed by atoms with E-state index in [0.717, 1.165) is 32.1 Å². The van der Waals surface area contributed by atoms with E-state index in [1.165, 1.54) is 0 Å². The molecule has 0 nitrogen and oxygen atoms in total. The van der Waals surface area contributed by atoms with Gasteiger partial charge in [0.05, 0.1) is 0 Å². The van der Waals surface area contributed by atoms with E-state index in [-0.39, 0.29) is 0 Å². The van der Waals surface area contributed by atoms with Crippen molar-refractivity contribution in [3.05, 3.63) is 48.6 Å². The summed E-state index contributed by atoms with van der Waals surface area (Å²) in [5.41, 5.74) is 0. The minimum atomic E-state index is 0.956. The average molecular weight is 173 g/mol. The van der Waals surface area contributed by atoms with Gasteiger partial charge in [-0.2, -0.15) is 0 Å². The van der Waals surface area contributed by atoms with Crippen LogP contribution in [0.4, 0.5) is 0 Å². The normalized spacial score (nSPS) is 28.9. The molecular formula is C13H17. The Morgan fingerprint density at radius 2 is 1.38 bits per heavy atom. The molecule has 0 heteroatoms. The Morgan fingerprint density at radius 3 is 2.31 bits per heavy atom. The lowest BCUT2D eigenvalue weighted by atomic mass is 10.2. The van der Waals surface area contributed by atoms with Gasteiger partial charge in [0.2, 0.25) is 0 Å². The molecule has 1 aliphatic rings. The lowest BCUT2D eigenvalue weighted by Crippen LogP contribution is -1.65. The summed E-state index contributed by atoms with van der Waals surface area (Å²) in [5.74, 6) is 0. The van der Waals surface area contributed by atoms with Crippen LogP contribution in [-0.4, -0.2) is 0 Å². The fraction of sp³-hybridized carbons (Fsp3) is 0.385. The van der Waals surface area contributed by atoms with Gasteiger partial charge in [-0.1, -0.05) is 42.5 Å². The fourth-order valence-electron chi connectivity index (χ4n) is 1.18. The molecule has 1 radical (unpaired) electrons. The number of allylic oxidation sites excluding steroid dienone is 8. The summed E-state index contributed by atoms with van der Waals surface area (Å²) in [7, 11) is 0. The number of hydrogen-bond donors (Lipinski definition) is 0. The highest BCUT2D eigenvalue weighted by atomic mass is 13.9. The molecule has 13 heavy (non-hydrogen) atoms. The first-order valence-electron chi connectivity index (χ1n) is 5.00. The molecule has 0 unspecified atom stereocenters. The zero-order valence-corrected chi connectivity index (χ0v) is 8.08. The van der Waals surface area contributed by atoms with Crippen molar-refractivity contribution < 1.29 is 0 Å². The maximum atomic E-state index is 3.24. The summed E-state index contributed by atoms with van der Waals surface area (Å²) in [4.78, 5) is 0. The van der Waals surface area contributed by atoms with E-state index in [2.05, 4.69) is 48.6 Å². The smallest absolute Gasteiger partial charge is 0.00978 e. The van der Waals surface area contributed by atoms with Crippen LogP contribution in [0.25, 0.3) is 0 Å². The first-order valence-corrected chi connectivity index (χ1v) is 5.00. The van der Waals surface area contributed by atoms with Crippen molar-refractivity contribution in [3.8, 4) is 0 Å². The van der Waals surface area contributed by atoms with Gasteiger partial charge in [0.25, 0.3) is 0 Å². The standard InChI is InChI=1S/C13H17/c1-2-4-6-8-10-12-13-11-9-7-5-3-1/h1-2,5-7,12-13H,3-4,9-11H2/b2-1+,7-5+,8-6?,13-12+. The van der Waals surface area contributed by atoms with E-state index in [4.69, 9.17) is 0 Å². The minimum absolute atomic E-state index is 0.956. The summed E-state index contributed by atoms with van der Waals surface area (Å²) in [6, 6.07) is 0. The average Bonchev–Trinajstić information content (AvgIpc) is 2.18. The first kappa shape index (κ1) is 10.0. The predicted molar refractivity (Wildman–Crippen MR) is 58.3 cm³/mol. The van der Waals surface area contributed by atoms with Gasteiger partial charge < -0.3 is 0 Å². The molecule has 0 aromatic carbocycles. The van der Waals surface area contributed by atoms with Crippen molar-refractivity contribution >= 4 is 0 Å². The molecule has 0 bridgehead atoms. The van der Waals surface area contributed by atoms with Crippen LogP contribution >= 0.6 is 0 Å². The van der Waals surface area contributed by atoms with Gasteiger partial charge in [0.1, 0.15) is 0 Å². The summed E-state index contributed by atoms with van der Waals surface area (Å²) >= 11 is 0. The van der Waals surface area contributed by atoms with Crippen LogP contribution in [0, 0.1) is 6.08 Å². The highest BCUT2D eigenvalue weighted by Gasteiger charge is 1.79. The van der Waals surface area contributed by atoms with Crippen molar-refractivity contribution in [1.29, 1.82) is 0 Å². The maximum absolute atomic E-state index is 3.24. The Kier molecular flexibility index (Phi) is 5.87. The Morgan fingerprint density at radius 1 is 0.692 bits per heavy atom. The van der Waals surface area contributed by atoms with Gasteiger partial charge >= 0.3 is 0 Å². The van der Waals surface area contributed by atoms with E-state index >= 15 is 0 Å². The topological polar surface area (TPSA) is 0 Å². The third kappa shape index (κ3) is 6.15. The summed E-state index contributed by atoms with van der Waals surface area (Å²) in [6.07, 6.45) is 24.0. The molecule has 0 saturated carbocycles. The molecule has 69 valence electrons. The van der Waals surface area contributed by atoms with Crippen molar-refractivity contribution in [1.82, 2.24) is 0 Å².